The lowest BCUT2D eigenvalue weighted by molar-refractivity contribution is -0.179. The number of nitrogens with zero attached hydrogens (tertiary/aromatic N) is 1. The molecule has 1 atom stereocenters. The quantitative estimate of drug-likeness (QED) is 0.326. The van der Waals surface area contributed by atoms with Crippen molar-refractivity contribution in [1.82, 2.24) is 4.90 Å². The highest BCUT2D eigenvalue weighted by Crippen LogP contribution is 2.39. The van der Waals surface area contributed by atoms with Gasteiger partial charge in [0, 0.05) is 12.0 Å². The number of benzene rings is 2. The van der Waals surface area contributed by atoms with Crippen molar-refractivity contribution in [2.75, 3.05) is 6.61 Å². The molecule has 0 spiro atoms. The summed E-state index contributed by atoms with van der Waals surface area (Å²) in [6, 6.07) is 17.4. The Morgan fingerprint density at radius 3 is 2.24 bits per heavy atom. The summed E-state index contributed by atoms with van der Waals surface area (Å²) in [4.78, 5) is 40.6. The molecular formula is C23H23NO5. The van der Waals surface area contributed by atoms with Crippen LogP contribution < -0.4 is 0 Å². The number of carbonyl (C=O) groups excluding carboxylic acids is 3. The van der Waals surface area contributed by atoms with Gasteiger partial charge in [-0.2, -0.15) is 0 Å². The molecule has 1 unspecified atom stereocenters. The van der Waals surface area contributed by atoms with E-state index < -0.39 is 29.1 Å². The molecule has 0 N–H and O–H groups in total. The molecule has 150 valence electrons. The van der Waals surface area contributed by atoms with E-state index in [-0.39, 0.29) is 13.0 Å². The van der Waals surface area contributed by atoms with Gasteiger partial charge < -0.3 is 9.47 Å². The summed E-state index contributed by atoms with van der Waals surface area (Å²) in [5.41, 5.74) is -2.27. The van der Waals surface area contributed by atoms with Crippen LogP contribution in [0.1, 0.15) is 29.8 Å². The van der Waals surface area contributed by atoms with E-state index in [4.69, 9.17) is 9.47 Å². The summed E-state index contributed by atoms with van der Waals surface area (Å²) in [6.45, 7) is 6.62. The molecule has 2 aromatic rings. The Balaban J connectivity index is 2.04. The number of carbonyl (C=O) groups is 3. The third-order valence-corrected chi connectivity index (χ3v) is 4.69. The maximum absolute atomic E-state index is 13.5. The molecule has 0 saturated carbocycles. The van der Waals surface area contributed by atoms with Crippen LogP contribution in [0.4, 0.5) is 0 Å². The second kappa shape index (κ2) is 8.01. The van der Waals surface area contributed by atoms with E-state index in [1.807, 2.05) is 6.07 Å². The first-order chi connectivity index (χ1) is 13.8. The van der Waals surface area contributed by atoms with E-state index in [1.165, 1.54) is 6.08 Å². The van der Waals surface area contributed by atoms with Crippen molar-refractivity contribution in [3.63, 3.8) is 0 Å². The minimum atomic E-state index is -1.96. The van der Waals surface area contributed by atoms with E-state index in [0.29, 0.717) is 11.1 Å². The SMILES string of the molecule is C=CCOC(=O)C1(Cc2ccccc2)OC(C)(C)N(C(=O)c2ccccc2)C1=O. The van der Waals surface area contributed by atoms with Crippen molar-refractivity contribution in [3.8, 4) is 0 Å². The van der Waals surface area contributed by atoms with Crippen LogP contribution in [0, 0.1) is 0 Å². The minimum Gasteiger partial charge on any atom is -0.459 e. The maximum Gasteiger partial charge on any atom is 0.349 e. The first-order valence-electron chi connectivity index (χ1n) is 9.28. The molecule has 1 heterocycles. The van der Waals surface area contributed by atoms with Gasteiger partial charge in [0.2, 0.25) is 0 Å². The molecule has 1 aliphatic rings. The zero-order valence-electron chi connectivity index (χ0n) is 16.5. The van der Waals surface area contributed by atoms with Gasteiger partial charge in [-0.1, -0.05) is 61.2 Å². The topological polar surface area (TPSA) is 72.9 Å². The second-order valence-electron chi connectivity index (χ2n) is 7.24. The lowest BCUT2D eigenvalue weighted by Crippen LogP contribution is -2.51. The molecule has 1 saturated heterocycles. The van der Waals surface area contributed by atoms with E-state index in [1.54, 1.807) is 68.4 Å². The van der Waals surface area contributed by atoms with Crippen molar-refractivity contribution >= 4 is 17.8 Å². The molecule has 2 aromatic carbocycles. The van der Waals surface area contributed by atoms with Crippen molar-refractivity contribution in [2.24, 2.45) is 0 Å². The fraction of sp³-hybridized carbons (Fsp3) is 0.261. The van der Waals surface area contributed by atoms with E-state index >= 15 is 0 Å². The largest absolute Gasteiger partial charge is 0.459 e. The molecule has 6 nitrogen and oxygen atoms in total. The van der Waals surface area contributed by atoms with Crippen LogP contribution in [-0.2, 0) is 25.5 Å². The van der Waals surface area contributed by atoms with E-state index in [0.717, 1.165) is 4.90 Å². The number of amides is 2. The fourth-order valence-electron chi connectivity index (χ4n) is 3.43. The monoisotopic (exact) mass is 393 g/mol. The molecule has 0 bridgehead atoms. The number of esters is 1. The molecular weight excluding hydrogens is 370 g/mol. The summed E-state index contributed by atoms with van der Waals surface area (Å²) in [5.74, 6) is -2.12. The zero-order valence-corrected chi connectivity index (χ0v) is 16.5. The van der Waals surface area contributed by atoms with Crippen molar-refractivity contribution < 1.29 is 23.9 Å². The van der Waals surface area contributed by atoms with Crippen LogP contribution >= 0.6 is 0 Å². The summed E-state index contributed by atoms with van der Waals surface area (Å²) < 4.78 is 11.2. The van der Waals surface area contributed by atoms with Crippen LogP contribution in [0.15, 0.2) is 73.3 Å². The Hall–Kier alpha value is -3.25. The standard InChI is InChI=1S/C23H23NO5/c1-4-15-28-21(27)23(16-17-11-7-5-8-12-17)20(26)24(22(2,3)29-23)19(25)18-13-9-6-10-14-18/h4-14H,1,15-16H2,2-3H3. The van der Waals surface area contributed by atoms with Gasteiger partial charge in [-0.05, 0) is 31.5 Å². The Labute approximate surface area is 169 Å². The average Bonchev–Trinajstić information content (AvgIpc) is 2.92. The molecule has 2 amide bonds. The van der Waals surface area contributed by atoms with E-state index in [9.17, 15) is 14.4 Å². The fourth-order valence-corrected chi connectivity index (χ4v) is 3.43. The molecule has 1 aliphatic heterocycles. The smallest absolute Gasteiger partial charge is 0.349 e. The van der Waals surface area contributed by atoms with Crippen molar-refractivity contribution in [2.45, 2.75) is 31.6 Å². The molecule has 1 fully saturated rings. The van der Waals surface area contributed by atoms with Gasteiger partial charge in [0.05, 0.1) is 0 Å². The third kappa shape index (κ3) is 3.84. The van der Waals surface area contributed by atoms with Crippen molar-refractivity contribution in [1.29, 1.82) is 0 Å². The van der Waals surface area contributed by atoms with Gasteiger partial charge in [0.1, 0.15) is 12.3 Å². The number of hydrogen-bond acceptors (Lipinski definition) is 5. The van der Waals surface area contributed by atoms with Gasteiger partial charge in [0.25, 0.3) is 17.4 Å². The highest BCUT2D eigenvalue weighted by atomic mass is 16.6. The predicted octanol–water partition coefficient (Wildman–Crippen LogP) is 3.13. The Bertz CT molecular complexity index is 923. The van der Waals surface area contributed by atoms with Crippen LogP contribution in [0.25, 0.3) is 0 Å². The normalized spacial score (nSPS) is 20.3. The van der Waals surface area contributed by atoms with Gasteiger partial charge in [-0.25, -0.2) is 9.69 Å². The molecule has 0 radical (unpaired) electrons. The molecule has 0 aliphatic carbocycles. The number of rotatable bonds is 6. The summed E-state index contributed by atoms with van der Waals surface area (Å²) in [6.07, 6.45) is 1.36. The van der Waals surface area contributed by atoms with Gasteiger partial charge in [-0.3, -0.25) is 9.59 Å². The highest BCUT2D eigenvalue weighted by molar-refractivity contribution is 6.16. The Morgan fingerprint density at radius 1 is 1.07 bits per heavy atom. The molecule has 3 rings (SSSR count). The molecule has 6 heteroatoms. The first-order valence-corrected chi connectivity index (χ1v) is 9.28. The van der Waals surface area contributed by atoms with E-state index in [2.05, 4.69) is 6.58 Å². The minimum absolute atomic E-state index is 0.0509. The lowest BCUT2D eigenvalue weighted by Gasteiger charge is -2.28. The number of hydrogen-bond donors (Lipinski definition) is 0. The summed E-state index contributed by atoms with van der Waals surface area (Å²) in [7, 11) is 0. The van der Waals surface area contributed by atoms with Gasteiger partial charge >= 0.3 is 5.97 Å². The average molecular weight is 393 g/mol. The van der Waals surface area contributed by atoms with Gasteiger partial charge in [-0.15, -0.1) is 0 Å². The summed E-state index contributed by atoms with van der Waals surface area (Å²) in [5, 5.41) is 0. The molecule has 0 aromatic heterocycles. The van der Waals surface area contributed by atoms with Crippen molar-refractivity contribution in [3.05, 3.63) is 84.4 Å². The number of ether oxygens (including phenoxy) is 2. The number of imide groups is 1. The highest BCUT2D eigenvalue weighted by Gasteiger charge is 2.64. The van der Waals surface area contributed by atoms with Crippen LogP contribution in [0.3, 0.4) is 0 Å². The Morgan fingerprint density at radius 2 is 1.66 bits per heavy atom. The Kier molecular flexibility index (Phi) is 5.66. The van der Waals surface area contributed by atoms with Gasteiger partial charge in [0.15, 0.2) is 0 Å². The zero-order chi connectivity index (χ0) is 21.1. The van der Waals surface area contributed by atoms with Crippen LogP contribution in [0.5, 0.6) is 0 Å². The lowest BCUT2D eigenvalue weighted by atomic mass is 9.93. The molecule has 29 heavy (non-hydrogen) atoms. The third-order valence-electron chi connectivity index (χ3n) is 4.69. The predicted molar refractivity (Wildman–Crippen MR) is 107 cm³/mol. The van der Waals surface area contributed by atoms with Crippen LogP contribution in [0.2, 0.25) is 0 Å². The van der Waals surface area contributed by atoms with Crippen LogP contribution in [-0.4, -0.2) is 40.6 Å². The first kappa shape index (κ1) is 20.5. The second-order valence-corrected chi connectivity index (χ2v) is 7.24. The summed E-state index contributed by atoms with van der Waals surface area (Å²) >= 11 is 0. The maximum atomic E-state index is 13.5.